The van der Waals surface area contributed by atoms with Crippen molar-refractivity contribution in [1.82, 2.24) is 19.1 Å². The molecule has 0 spiro atoms. The number of allylic oxidation sites excluding steroid dienone is 4. The molecule has 0 fully saturated rings. The van der Waals surface area contributed by atoms with Gasteiger partial charge in [-0.3, -0.25) is 4.57 Å². The van der Waals surface area contributed by atoms with Crippen LogP contribution >= 0.6 is 0 Å². The lowest BCUT2D eigenvalue weighted by atomic mass is 10.0. The number of benzene rings is 6. The van der Waals surface area contributed by atoms with Gasteiger partial charge in [0.2, 0.25) is 0 Å². The zero-order valence-corrected chi connectivity index (χ0v) is 27.4. The molecule has 0 radical (unpaired) electrons. The van der Waals surface area contributed by atoms with Crippen LogP contribution in [0.4, 0.5) is 0 Å². The van der Waals surface area contributed by atoms with Crippen molar-refractivity contribution in [2.24, 2.45) is 0 Å². The van der Waals surface area contributed by atoms with E-state index in [9.17, 15) is 0 Å². The second-order valence-electron chi connectivity index (χ2n) is 12.9. The molecule has 1 aliphatic rings. The number of para-hydroxylation sites is 3. The number of aromatic nitrogens is 4. The summed E-state index contributed by atoms with van der Waals surface area (Å²) in [6.45, 7) is 0. The van der Waals surface area contributed by atoms with Gasteiger partial charge in [0.05, 0.1) is 27.8 Å². The van der Waals surface area contributed by atoms with E-state index < -0.39 is 0 Å². The van der Waals surface area contributed by atoms with Crippen LogP contribution in [0.2, 0.25) is 0 Å². The number of hydrogen-bond acceptors (Lipinski definition) is 2. The van der Waals surface area contributed by atoms with Crippen molar-refractivity contribution in [2.45, 2.75) is 12.8 Å². The van der Waals surface area contributed by atoms with Crippen LogP contribution in [0.25, 0.3) is 83.2 Å². The predicted octanol–water partition coefficient (Wildman–Crippen LogP) is 11.7. The average Bonchev–Trinajstić information content (AvgIpc) is 3.71. The molecular weight excluding hydrogens is 609 g/mol. The van der Waals surface area contributed by atoms with Gasteiger partial charge in [-0.2, -0.15) is 0 Å². The minimum absolute atomic E-state index is 0.725. The Morgan fingerprint density at radius 1 is 0.440 bits per heavy atom. The van der Waals surface area contributed by atoms with Crippen molar-refractivity contribution >= 4 is 49.2 Å². The SMILES string of the molecule is C1=CC(c2cc(-n3c4ccccc4c4cc(-c5ccc6c7ccccc7n(-c7ccccc7)c6c5)ccc43)nc(-c3ccccc3)n2)=CCC1. The smallest absolute Gasteiger partial charge is 0.162 e. The van der Waals surface area contributed by atoms with Gasteiger partial charge in [-0.05, 0) is 72.0 Å². The summed E-state index contributed by atoms with van der Waals surface area (Å²) in [6.07, 6.45) is 8.78. The van der Waals surface area contributed by atoms with Crippen molar-refractivity contribution in [3.05, 3.63) is 176 Å². The summed E-state index contributed by atoms with van der Waals surface area (Å²) in [5.74, 6) is 1.59. The zero-order valence-electron chi connectivity index (χ0n) is 27.4. The maximum absolute atomic E-state index is 5.21. The first-order valence-corrected chi connectivity index (χ1v) is 17.2. The lowest BCUT2D eigenvalue weighted by Crippen LogP contribution is -2.04. The van der Waals surface area contributed by atoms with Crippen LogP contribution in [0.15, 0.2) is 170 Å². The van der Waals surface area contributed by atoms with E-state index in [2.05, 4.69) is 161 Å². The molecule has 236 valence electrons. The highest BCUT2D eigenvalue weighted by Gasteiger charge is 2.18. The predicted molar refractivity (Wildman–Crippen MR) is 208 cm³/mol. The molecule has 9 aromatic rings. The van der Waals surface area contributed by atoms with Gasteiger partial charge in [0, 0.05) is 38.9 Å². The first kappa shape index (κ1) is 28.5. The fourth-order valence-corrected chi connectivity index (χ4v) is 7.62. The molecule has 6 aromatic carbocycles. The van der Waals surface area contributed by atoms with E-state index in [-0.39, 0.29) is 0 Å². The van der Waals surface area contributed by atoms with E-state index in [1.165, 1.54) is 43.7 Å². The van der Waals surface area contributed by atoms with Crippen molar-refractivity contribution in [3.8, 4) is 34.0 Å². The number of fused-ring (bicyclic) bond motifs is 6. The zero-order chi connectivity index (χ0) is 33.0. The number of hydrogen-bond donors (Lipinski definition) is 0. The van der Waals surface area contributed by atoms with Crippen LogP contribution < -0.4 is 0 Å². The molecule has 3 aromatic heterocycles. The molecule has 0 amide bonds. The molecule has 0 saturated heterocycles. The summed E-state index contributed by atoms with van der Waals surface area (Å²) < 4.78 is 4.68. The molecule has 10 rings (SSSR count). The second-order valence-corrected chi connectivity index (χ2v) is 12.9. The Hall–Kier alpha value is -6.52. The van der Waals surface area contributed by atoms with Crippen LogP contribution in [0.1, 0.15) is 18.5 Å². The summed E-state index contributed by atoms with van der Waals surface area (Å²) in [5.41, 5.74) is 11.3. The minimum Gasteiger partial charge on any atom is -0.309 e. The van der Waals surface area contributed by atoms with Crippen molar-refractivity contribution < 1.29 is 0 Å². The van der Waals surface area contributed by atoms with Gasteiger partial charge < -0.3 is 4.57 Å². The Kier molecular flexibility index (Phi) is 6.59. The van der Waals surface area contributed by atoms with Crippen molar-refractivity contribution in [1.29, 1.82) is 0 Å². The van der Waals surface area contributed by atoms with Gasteiger partial charge in [0.15, 0.2) is 5.82 Å². The molecule has 0 N–H and O–H groups in total. The molecule has 4 nitrogen and oxygen atoms in total. The van der Waals surface area contributed by atoms with Gasteiger partial charge in [-0.1, -0.05) is 121 Å². The first-order chi connectivity index (χ1) is 24.8. The maximum Gasteiger partial charge on any atom is 0.162 e. The monoisotopic (exact) mass is 640 g/mol. The maximum atomic E-state index is 5.21. The third-order valence-electron chi connectivity index (χ3n) is 9.96. The van der Waals surface area contributed by atoms with Gasteiger partial charge in [-0.15, -0.1) is 0 Å². The van der Waals surface area contributed by atoms with E-state index in [1.54, 1.807) is 0 Å². The second kappa shape index (κ2) is 11.6. The summed E-state index contributed by atoms with van der Waals surface area (Å²) in [5, 5.41) is 4.90. The summed E-state index contributed by atoms with van der Waals surface area (Å²) in [4.78, 5) is 10.3. The number of rotatable bonds is 5. The van der Waals surface area contributed by atoms with E-state index in [1.807, 2.05) is 18.2 Å². The molecule has 0 bridgehead atoms. The molecule has 0 unspecified atom stereocenters. The Balaban J connectivity index is 1.18. The Morgan fingerprint density at radius 3 is 1.86 bits per heavy atom. The van der Waals surface area contributed by atoms with Crippen LogP contribution in [0.3, 0.4) is 0 Å². The van der Waals surface area contributed by atoms with Crippen LogP contribution in [-0.2, 0) is 0 Å². The lowest BCUT2D eigenvalue weighted by Gasteiger charge is -2.13. The van der Waals surface area contributed by atoms with Crippen LogP contribution in [0.5, 0.6) is 0 Å². The third-order valence-corrected chi connectivity index (χ3v) is 9.96. The normalized spacial score (nSPS) is 13.1. The topological polar surface area (TPSA) is 35.6 Å². The van der Waals surface area contributed by atoms with Gasteiger partial charge >= 0.3 is 0 Å². The standard InChI is InChI=1S/C46H32N4/c1-4-14-31(15-5-1)40-30-45(48-46(47-40)32-16-6-2-7-17-32)50-42-23-13-11-21-37(42)39-28-33(25-27-43(39)50)34-24-26-38-36-20-10-12-22-41(36)49(44(38)29-34)35-18-8-3-9-19-35/h2-4,6-30H,1,5H2. The van der Waals surface area contributed by atoms with Crippen LogP contribution in [-0.4, -0.2) is 19.1 Å². The van der Waals surface area contributed by atoms with Crippen LogP contribution in [0, 0.1) is 0 Å². The quantitative estimate of drug-likeness (QED) is 0.188. The molecule has 1 aliphatic carbocycles. The van der Waals surface area contributed by atoms with E-state index in [0.717, 1.165) is 58.0 Å². The van der Waals surface area contributed by atoms with Crippen molar-refractivity contribution in [2.75, 3.05) is 0 Å². The minimum atomic E-state index is 0.725. The summed E-state index contributed by atoms with van der Waals surface area (Å²) in [7, 11) is 0. The Bertz CT molecular complexity index is 2800. The molecule has 4 heteroatoms. The molecule has 3 heterocycles. The highest BCUT2D eigenvalue weighted by molar-refractivity contribution is 6.12. The van der Waals surface area contributed by atoms with Gasteiger partial charge in [-0.25, -0.2) is 9.97 Å². The lowest BCUT2D eigenvalue weighted by molar-refractivity contribution is 1.02. The molecule has 0 saturated carbocycles. The fourth-order valence-electron chi connectivity index (χ4n) is 7.62. The average molecular weight is 641 g/mol. The third kappa shape index (κ3) is 4.61. The van der Waals surface area contributed by atoms with Gasteiger partial charge in [0.25, 0.3) is 0 Å². The first-order valence-electron chi connectivity index (χ1n) is 17.2. The molecule has 0 aliphatic heterocycles. The summed E-state index contributed by atoms with van der Waals surface area (Å²) >= 11 is 0. The Labute approximate surface area is 289 Å². The van der Waals surface area contributed by atoms with E-state index >= 15 is 0 Å². The molecule has 50 heavy (non-hydrogen) atoms. The van der Waals surface area contributed by atoms with E-state index in [0.29, 0.717) is 0 Å². The largest absolute Gasteiger partial charge is 0.309 e. The number of nitrogens with zero attached hydrogens (tertiary/aromatic N) is 4. The highest BCUT2D eigenvalue weighted by Crippen LogP contribution is 2.38. The van der Waals surface area contributed by atoms with Gasteiger partial charge in [0.1, 0.15) is 5.82 Å². The fraction of sp³-hybridized carbons (Fsp3) is 0.0435. The summed E-state index contributed by atoms with van der Waals surface area (Å²) in [6, 6.07) is 54.2. The highest BCUT2D eigenvalue weighted by atomic mass is 15.1. The molecule has 0 atom stereocenters. The Morgan fingerprint density at radius 2 is 1.08 bits per heavy atom. The van der Waals surface area contributed by atoms with Crippen molar-refractivity contribution in [3.63, 3.8) is 0 Å². The molecular formula is C46H32N4. The van der Waals surface area contributed by atoms with E-state index in [4.69, 9.17) is 9.97 Å².